The molecule has 1 amide bonds. The Balaban J connectivity index is 1.82. The zero-order chi connectivity index (χ0) is 17.5. The molecule has 3 rings (SSSR count). The van der Waals surface area contributed by atoms with E-state index < -0.39 is 29.6 Å². The molecule has 1 unspecified atom stereocenters. The molecular weight excluding hydrogens is 320 g/mol. The second-order valence-electron chi connectivity index (χ2n) is 6.10. The van der Waals surface area contributed by atoms with Gasteiger partial charge < -0.3 is 26.0 Å². The molecule has 0 bridgehead atoms. The molecule has 0 aromatic carbocycles. The van der Waals surface area contributed by atoms with Crippen LogP contribution in [0.4, 0.5) is 4.79 Å². The molecule has 24 heavy (non-hydrogen) atoms. The average molecular weight is 344 g/mol. The van der Waals surface area contributed by atoms with Crippen molar-refractivity contribution in [2.75, 3.05) is 26.2 Å². The van der Waals surface area contributed by atoms with Crippen LogP contribution in [0.2, 0.25) is 0 Å². The Bertz CT molecular complexity index is 606. The van der Waals surface area contributed by atoms with Crippen molar-refractivity contribution in [2.24, 2.45) is 17.2 Å². The Labute approximate surface area is 137 Å². The van der Waals surface area contributed by atoms with Gasteiger partial charge in [-0.1, -0.05) is 0 Å². The smallest absolute Gasteiger partial charge is 0.407 e. The molecule has 0 radical (unpaired) electrons. The molecule has 0 aliphatic carbocycles. The maximum Gasteiger partial charge on any atom is 0.407 e. The number of rotatable bonds is 4. The third-order valence-electron chi connectivity index (χ3n) is 4.64. The number of hydrogen-bond acceptors (Lipinski definition) is 9. The summed E-state index contributed by atoms with van der Waals surface area (Å²) in [6, 6.07) is -1.13. The maximum atomic E-state index is 11.6. The van der Waals surface area contributed by atoms with E-state index >= 15 is 0 Å². The van der Waals surface area contributed by atoms with Gasteiger partial charge in [0.1, 0.15) is 12.6 Å². The van der Waals surface area contributed by atoms with E-state index in [1.54, 1.807) is 4.58 Å². The van der Waals surface area contributed by atoms with Crippen LogP contribution in [-0.4, -0.2) is 82.6 Å². The van der Waals surface area contributed by atoms with E-state index in [2.05, 4.69) is 20.9 Å². The first kappa shape index (κ1) is 16.5. The Morgan fingerprint density at radius 1 is 1.50 bits per heavy atom. The van der Waals surface area contributed by atoms with Gasteiger partial charge in [0.15, 0.2) is 6.04 Å². The number of carbonyl (C=O) groups is 1. The van der Waals surface area contributed by atoms with Gasteiger partial charge in [-0.2, -0.15) is 0 Å². The molecule has 0 aromatic rings. The summed E-state index contributed by atoms with van der Waals surface area (Å²) in [7, 11) is 0. The molecule has 3 heterocycles. The molecule has 3 atom stereocenters. The summed E-state index contributed by atoms with van der Waals surface area (Å²) in [5, 5.41) is 29.4. The predicted molar refractivity (Wildman–Crippen MR) is 81.2 cm³/mol. The number of hydrogen-bond donors (Lipinski definition) is 9. The number of ether oxygens (including phenoxy) is 1. The van der Waals surface area contributed by atoms with Gasteiger partial charge in [-0.3, -0.25) is 21.8 Å². The minimum absolute atomic E-state index is 0.0601. The van der Waals surface area contributed by atoms with Crippen LogP contribution < -0.4 is 38.1 Å². The fraction of sp³-hybridized carbons (Fsp3) is 0.750. The summed E-state index contributed by atoms with van der Waals surface area (Å²) < 4.78 is 6.77. The van der Waals surface area contributed by atoms with Gasteiger partial charge in [-0.05, 0) is 0 Å². The Kier molecular flexibility index (Phi) is 3.89. The third kappa shape index (κ3) is 2.30. The molecule has 12 N–H and O–H groups in total. The Morgan fingerprint density at radius 2 is 2.25 bits per heavy atom. The van der Waals surface area contributed by atoms with Crippen LogP contribution >= 0.6 is 0 Å². The van der Waals surface area contributed by atoms with Crippen LogP contribution in [-0.2, 0) is 4.74 Å². The number of alkyl carbamates (subject to hydrolysis) is 1. The first-order valence-corrected chi connectivity index (χ1v) is 7.71. The number of amides is 1. The summed E-state index contributed by atoms with van der Waals surface area (Å²) in [6.45, 7) is 0.861. The SMILES string of the molecule is NCCNC(=O)OCC1NC(N)=[N+]2CCC(O)(O)[C@@]23NC(N)=[NH+][C@@H]13. The predicted octanol–water partition coefficient (Wildman–Crippen LogP) is -6.88. The van der Waals surface area contributed by atoms with Crippen LogP contribution in [0.3, 0.4) is 0 Å². The van der Waals surface area contributed by atoms with Gasteiger partial charge in [0.2, 0.25) is 5.79 Å². The van der Waals surface area contributed by atoms with Gasteiger partial charge >= 0.3 is 18.0 Å². The normalized spacial score (nSPS) is 33.0. The second kappa shape index (κ2) is 5.65. The highest BCUT2D eigenvalue weighted by molar-refractivity contribution is 5.78. The van der Waals surface area contributed by atoms with E-state index in [1.165, 1.54) is 0 Å². The van der Waals surface area contributed by atoms with Crippen molar-refractivity contribution in [3.63, 3.8) is 0 Å². The highest BCUT2D eigenvalue weighted by Gasteiger charge is 2.74. The van der Waals surface area contributed by atoms with E-state index in [1.807, 2.05) is 0 Å². The topological polar surface area (TPSA) is 198 Å². The monoisotopic (exact) mass is 344 g/mol. The molecule has 1 fully saturated rings. The van der Waals surface area contributed by atoms with Crippen LogP contribution in [0.25, 0.3) is 0 Å². The Morgan fingerprint density at radius 3 is 2.96 bits per heavy atom. The van der Waals surface area contributed by atoms with Gasteiger partial charge in [-0.25, -0.2) is 14.7 Å². The van der Waals surface area contributed by atoms with Gasteiger partial charge in [0.05, 0.1) is 6.54 Å². The first-order valence-electron chi connectivity index (χ1n) is 7.71. The quantitative estimate of drug-likeness (QED) is 0.176. The van der Waals surface area contributed by atoms with Gasteiger partial charge in [0.25, 0.3) is 5.66 Å². The number of carbonyl (C=O) groups excluding carboxylic acids is 1. The van der Waals surface area contributed by atoms with Crippen LogP contribution in [0, 0.1) is 0 Å². The number of nitrogens with one attached hydrogen (secondary N) is 4. The lowest BCUT2D eigenvalue weighted by Gasteiger charge is -2.40. The lowest BCUT2D eigenvalue weighted by Crippen LogP contribution is -2.91. The molecule has 134 valence electrons. The van der Waals surface area contributed by atoms with Crippen LogP contribution in [0.15, 0.2) is 0 Å². The molecule has 0 aromatic heterocycles. The fourth-order valence-electron chi connectivity index (χ4n) is 3.61. The van der Waals surface area contributed by atoms with E-state index in [4.69, 9.17) is 21.9 Å². The van der Waals surface area contributed by atoms with Gasteiger partial charge in [-0.15, -0.1) is 0 Å². The molecule has 12 nitrogen and oxygen atoms in total. The summed E-state index contributed by atoms with van der Waals surface area (Å²) >= 11 is 0. The molecule has 3 aliphatic rings. The van der Waals surface area contributed by atoms with Crippen molar-refractivity contribution in [3.8, 4) is 0 Å². The largest absolute Gasteiger partial charge is 0.446 e. The van der Waals surface area contributed by atoms with Gasteiger partial charge in [0, 0.05) is 19.5 Å². The molecule has 0 saturated carbocycles. The molecular formula is C12H24N8O4+2. The lowest BCUT2D eigenvalue weighted by atomic mass is 9.87. The maximum absolute atomic E-state index is 11.6. The Hall–Kier alpha value is -2.31. The van der Waals surface area contributed by atoms with Crippen molar-refractivity contribution < 1.29 is 29.3 Å². The number of guanidine groups is 2. The minimum atomic E-state index is -2.07. The second-order valence-corrected chi connectivity index (χ2v) is 6.10. The van der Waals surface area contributed by atoms with Crippen molar-refractivity contribution in [1.82, 2.24) is 16.0 Å². The number of nitrogens with zero attached hydrogens (tertiary/aromatic N) is 1. The zero-order valence-corrected chi connectivity index (χ0v) is 13.1. The van der Waals surface area contributed by atoms with Crippen molar-refractivity contribution in [1.29, 1.82) is 0 Å². The highest BCUT2D eigenvalue weighted by Crippen LogP contribution is 2.36. The van der Waals surface area contributed by atoms with Crippen molar-refractivity contribution in [3.05, 3.63) is 0 Å². The number of aliphatic hydroxyl groups is 2. The van der Waals surface area contributed by atoms with Crippen molar-refractivity contribution >= 4 is 18.0 Å². The summed E-state index contributed by atoms with van der Waals surface area (Å²) in [5.74, 6) is -1.64. The average Bonchev–Trinajstić information content (AvgIpc) is 3.00. The van der Waals surface area contributed by atoms with E-state index in [-0.39, 0.29) is 24.9 Å². The lowest BCUT2D eigenvalue weighted by molar-refractivity contribution is -0.674. The minimum Gasteiger partial charge on any atom is -0.446 e. The third-order valence-corrected chi connectivity index (χ3v) is 4.64. The standard InChI is InChI=1S/C12H22N8O4/c13-2-3-16-10(21)24-5-6-7-12(19-8(14)18-7)11(22,23)1-4-20(12)9(15)17-6/h6-7,22-23H,1-5,13H2,(H6,14,15,16,17,18,19,21)/p+2/t6?,7-,12-/m0/s1. The molecule has 3 aliphatic heterocycles. The van der Waals surface area contributed by atoms with Crippen LogP contribution in [0.1, 0.15) is 6.42 Å². The summed E-state index contributed by atoms with van der Waals surface area (Å²) in [4.78, 5) is 14.6. The van der Waals surface area contributed by atoms with E-state index in [9.17, 15) is 15.0 Å². The summed E-state index contributed by atoms with van der Waals surface area (Å²) in [5.41, 5.74) is 15.8. The van der Waals surface area contributed by atoms with E-state index in [0.717, 1.165) is 0 Å². The molecule has 1 saturated heterocycles. The summed E-state index contributed by atoms with van der Waals surface area (Å²) in [6.07, 6.45) is -0.538. The zero-order valence-electron chi connectivity index (χ0n) is 13.1. The van der Waals surface area contributed by atoms with Crippen molar-refractivity contribution in [2.45, 2.75) is 30.0 Å². The van der Waals surface area contributed by atoms with E-state index in [0.29, 0.717) is 19.6 Å². The highest BCUT2D eigenvalue weighted by atomic mass is 16.5. The first-order chi connectivity index (χ1) is 11.3. The molecule has 1 spiro atoms. The molecule has 12 heteroatoms. The van der Waals surface area contributed by atoms with Crippen LogP contribution in [0.5, 0.6) is 0 Å². The fourth-order valence-corrected chi connectivity index (χ4v) is 3.61. The number of nitrogens with two attached hydrogens (primary N) is 3.